The molecule has 1 aliphatic heterocycles. The third-order valence-electron chi connectivity index (χ3n) is 6.67. The fraction of sp³-hybridized carbons (Fsp3) is 0.423. The quantitative estimate of drug-likeness (QED) is 0.619. The number of rotatable bonds is 8. The van der Waals surface area contributed by atoms with E-state index >= 15 is 0 Å². The minimum absolute atomic E-state index is 0.0868. The molecule has 0 radical (unpaired) electrons. The van der Waals surface area contributed by atoms with Gasteiger partial charge in [0.05, 0.1) is 13.0 Å². The second kappa shape index (κ2) is 9.85. The topological polar surface area (TPSA) is 105 Å². The summed E-state index contributed by atoms with van der Waals surface area (Å²) in [6, 6.07) is 14.8. The van der Waals surface area contributed by atoms with Crippen molar-refractivity contribution in [3.8, 4) is 11.1 Å². The largest absolute Gasteiger partial charge is 0.481 e. The molecule has 1 heterocycles. The van der Waals surface area contributed by atoms with E-state index in [1.54, 1.807) is 12.0 Å². The molecule has 0 bridgehead atoms. The van der Waals surface area contributed by atoms with Gasteiger partial charge in [0.25, 0.3) is 0 Å². The first-order chi connectivity index (χ1) is 16.3. The number of methoxy groups -OCH3 is 1. The van der Waals surface area contributed by atoms with Crippen LogP contribution in [0.15, 0.2) is 48.5 Å². The predicted octanol–water partition coefficient (Wildman–Crippen LogP) is 3.25. The van der Waals surface area contributed by atoms with Crippen LogP contribution in [0, 0.1) is 5.41 Å². The fourth-order valence-corrected chi connectivity index (χ4v) is 5.06. The van der Waals surface area contributed by atoms with Crippen LogP contribution in [0.5, 0.6) is 0 Å². The van der Waals surface area contributed by atoms with Gasteiger partial charge in [-0.1, -0.05) is 55.5 Å². The Morgan fingerprint density at radius 2 is 1.74 bits per heavy atom. The number of hydrogen-bond donors (Lipinski definition) is 2. The molecule has 2 atom stereocenters. The molecule has 4 rings (SSSR count). The summed E-state index contributed by atoms with van der Waals surface area (Å²) in [7, 11) is 1.61. The van der Waals surface area contributed by atoms with Gasteiger partial charge in [-0.25, -0.2) is 4.79 Å². The molecule has 2 amide bonds. The first kappa shape index (κ1) is 23.8. The number of hydrogen-bond acceptors (Lipinski definition) is 5. The lowest BCUT2D eigenvalue weighted by Gasteiger charge is -2.26. The number of carbonyl (C=O) groups excluding carboxylic acids is 2. The molecule has 2 aromatic rings. The summed E-state index contributed by atoms with van der Waals surface area (Å²) in [5, 5.41) is 11.8. The molecule has 8 nitrogen and oxygen atoms in total. The molecule has 2 N–H and O–H groups in total. The van der Waals surface area contributed by atoms with E-state index in [-0.39, 0.29) is 17.9 Å². The summed E-state index contributed by atoms with van der Waals surface area (Å²) in [6.45, 7) is 3.54. The molecule has 2 aliphatic rings. The second-order valence-electron chi connectivity index (χ2n) is 9.37. The number of carbonyl (C=O) groups is 3. The summed E-state index contributed by atoms with van der Waals surface area (Å²) in [4.78, 5) is 38.7. The number of carboxylic acid groups (broad SMARTS) is 1. The first-order valence-corrected chi connectivity index (χ1v) is 11.4. The zero-order valence-corrected chi connectivity index (χ0v) is 19.5. The molecule has 8 heteroatoms. The number of aliphatic carboxylic acids is 1. The van der Waals surface area contributed by atoms with E-state index in [1.165, 1.54) is 0 Å². The van der Waals surface area contributed by atoms with E-state index in [9.17, 15) is 19.5 Å². The van der Waals surface area contributed by atoms with Crippen LogP contribution in [0.25, 0.3) is 11.1 Å². The Labute approximate surface area is 198 Å². The van der Waals surface area contributed by atoms with Gasteiger partial charge < -0.3 is 24.8 Å². The number of alkyl carbamates (subject to hydrolysis) is 1. The Bertz CT molecular complexity index is 1040. The van der Waals surface area contributed by atoms with Gasteiger partial charge in [0, 0.05) is 31.5 Å². The van der Waals surface area contributed by atoms with Gasteiger partial charge in [-0.2, -0.15) is 0 Å². The zero-order valence-electron chi connectivity index (χ0n) is 19.5. The molecular formula is C26H30N2O6. The number of likely N-dealkylation sites (tertiary alicyclic amines) is 1. The highest BCUT2D eigenvalue weighted by Gasteiger charge is 2.39. The van der Waals surface area contributed by atoms with Crippen molar-refractivity contribution in [1.82, 2.24) is 10.2 Å². The molecule has 2 unspecified atom stereocenters. The van der Waals surface area contributed by atoms with E-state index in [4.69, 9.17) is 9.47 Å². The van der Waals surface area contributed by atoms with E-state index in [0.717, 1.165) is 28.7 Å². The molecule has 0 aromatic heterocycles. The average molecular weight is 467 g/mol. The third kappa shape index (κ3) is 4.92. The lowest BCUT2D eigenvalue weighted by Crippen LogP contribution is -2.49. The summed E-state index contributed by atoms with van der Waals surface area (Å²) >= 11 is 0. The predicted molar refractivity (Wildman–Crippen MR) is 125 cm³/mol. The van der Waals surface area contributed by atoms with Crippen molar-refractivity contribution in [2.45, 2.75) is 31.7 Å². The molecular weight excluding hydrogens is 436 g/mol. The van der Waals surface area contributed by atoms with Gasteiger partial charge in [-0.05, 0) is 28.7 Å². The highest BCUT2D eigenvalue weighted by Crippen LogP contribution is 2.44. The smallest absolute Gasteiger partial charge is 0.407 e. The molecule has 34 heavy (non-hydrogen) atoms. The average Bonchev–Trinajstić information content (AvgIpc) is 3.35. The number of benzene rings is 2. The number of amides is 2. The van der Waals surface area contributed by atoms with Crippen LogP contribution in [-0.4, -0.2) is 67.4 Å². The number of nitrogens with zero attached hydrogens (tertiary/aromatic N) is 1. The van der Waals surface area contributed by atoms with Gasteiger partial charge in [0.1, 0.15) is 12.6 Å². The molecule has 1 saturated heterocycles. The normalized spacial score (nSPS) is 19.9. The SMILES string of the molecule is COCC1(C)CCN(C(=O)C(CC(=O)O)NC(=O)OCC2c3ccccc3-c3ccccc32)C1. The molecule has 2 aromatic carbocycles. The van der Waals surface area contributed by atoms with Gasteiger partial charge in [0.15, 0.2) is 0 Å². The summed E-state index contributed by atoms with van der Waals surface area (Å²) in [6.07, 6.45) is -0.571. The second-order valence-corrected chi connectivity index (χ2v) is 9.37. The first-order valence-electron chi connectivity index (χ1n) is 11.4. The van der Waals surface area contributed by atoms with Gasteiger partial charge in [0.2, 0.25) is 5.91 Å². The summed E-state index contributed by atoms with van der Waals surface area (Å²) in [5.74, 6) is -1.72. The minimum Gasteiger partial charge on any atom is -0.481 e. The maximum absolute atomic E-state index is 13.0. The Kier molecular flexibility index (Phi) is 6.88. The van der Waals surface area contributed by atoms with Crippen molar-refractivity contribution >= 4 is 18.0 Å². The van der Waals surface area contributed by atoms with E-state index in [0.29, 0.717) is 19.7 Å². The molecule has 0 spiro atoms. The highest BCUT2D eigenvalue weighted by molar-refractivity contribution is 5.89. The molecule has 1 fully saturated rings. The standard InChI is InChI=1S/C26H30N2O6/c1-26(16-33-2)11-12-28(15-26)24(31)22(13-23(29)30)27-25(32)34-14-21-19-9-5-3-7-17(19)18-8-4-6-10-20(18)21/h3-10,21-22H,11-16H2,1-2H3,(H,27,32)(H,29,30). The maximum atomic E-state index is 13.0. The Morgan fingerprint density at radius 1 is 1.12 bits per heavy atom. The van der Waals surface area contributed by atoms with E-state index in [2.05, 4.69) is 5.32 Å². The summed E-state index contributed by atoms with van der Waals surface area (Å²) in [5.41, 5.74) is 4.17. The van der Waals surface area contributed by atoms with Crippen molar-refractivity contribution in [1.29, 1.82) is 0 Å². The Morgan fingerprint density at radius 3 is 2.32 bits per heavy atom. The molecule has 0 saturated carbocycles. The van der Waals surface area contributed by atoms with Crippen LogP contribution >= 0.6 is 0 Å². The monoisotopic (exact) mass is 466 g/mol. The zero-order chi connectivity index (χ0) is 24.3. The van der Waals surface area contributed by atoms with Crippen LogP contribution in [0.1, 0.15) is 36.8 Å². The van der Waals surface area contributed by atoms with Crippen LogP contribution in [0.4, 0.5) is 4.79 Å². The van der Waals surface area contributed by atoms with E-state index in [1.807, 2.05) is 55.5 Å². The number of fused-ring (bicyclic) bond motifs is 3. The number of carboxylic acids is 1. The van der Waals surface area contributed by atoms with Crippen molar-refractivity contribution < 1.29 is 29.0 Å². The third-order valence-corrected chi connectivity index (χ3v) is 6.67. The van der Waals surface area contributed by atoms with Gasteiger partial charge >= 0.3 is 12.1 Å². The lowest BCUT2D eigenvalue weighted by molar-refractivity contribution is -0.142. The molecule has 180 valence electrons. The maximum Gasteiger partial charge on any atom is 0.407 e. The van der Waals surface area contributed by atoms with Crippen molar-refractivity contribution in [3.63, 3.8) is 0 Å². The van der Waals surface area contributed by atoms with Crippen molar-refractivity contribution in [2.24, 2.45) is 5.41 Å². The fourth-order valence-electron chi connectivity index (χ4n) is 5.06. The Hall–Kier alpha value is -3.39. The Balaban J connectivity index is 1.41. The van der Waals surface area contributed by atoms with Crippen LogP contribution < -0.4 is 5.32 Å². The van der Waals surface area contributed by atoms with Crippen LogP contribution in [0.3, 0.4) is 0 Å². The van der Waals surface area contributed by atoms with Gasteiger partial charge in [-0.3, -0.25) is 9.59 Å². The minimum atomic E-state index is -1.20. The lowest BCUT2D eigenvalue weighted by atomic mass is 9.91. The summed E-state index contributed by atoms with van der Waals surface area (Å²) < 4.78 is 10.8. The van der Waals surface area contributed by atoms with E-state index < -0.39 is 30.4 Å². The highest BCUT2D eigenvalue weighted by atomic mass is 16.5. The number of nitrogens with one attached hydrogen (secondary N) is 1. The van der Waals surface area contributed by atoms with Gasteiger partial charge in [-0.15, -0.1) is 0 Å². The molecule has 1 aliphatic carbocycles. The van der Waals surface area contributed by atoms with Crippen LogP contribution in [-0.2, 0) is 19.1 Å². The van der Waals surface area contributed by atoms with Crippen molar-refractivity contribution in [3.05, 3.63) is 59.7 Å². The number of ether oxygens (including phenoxy) is 2. The van der Waals surface area contributed by atoms with Crippen molar-refractivity contribution in [2.75, 3.05) is 33.4 Å². The van der Waals surface area contributed by atoms with Crippen LogP contribution in [0.2, 0.25) is 0 Å².